The molecule has 6 nitrogen and oxygen atoms in total. The number of rotatable bonds is 8. The number of halogens is 1. The molecule has 0 atom stereocenters. The largest absolute Gasteiger partial charge is 0.469 e. The van der Waals surface area contributed by atoms with Crippen LogP contribution in [-0.4, -0.2) is 41.5 Å². The molecule has 0 spiro atoms. The maximum absolute atomic E-state index is 5.44. The van der Waals surface area contributed by atoms with Gasteiger partial charge in [-0.05, 0) is 42.7 Å². The second-order valence-corrected chi connectivity index (χ2v) is 7.92. The maximum Gasteiger partial charge on any atom is 0.191 e. The lowest BCUT2D eigenvalue weighted by Crippen LogP contribution is -2.48. The molecule has 1 aliphatic heterocycles. The summed E-state index contributed by atoms with van der Waals surface area (Å²) in [5.74, 6) is 1.82. The van der Waals surface area contributed by atoms with Crippen molar-refractivity contribution in [3.8, 4) is 0 Å². The van der Waals surface area contributed by atoms with Crippen LogP contribution in [-0.2, 0) is 19.5 Å². The number of aliphatic imine (C=N–C) groups is 1. The highest BCUT2D eigenvalue weighted by Crippen LogP contribution is 2.14. The lowest BCUT2D eigenvalue weighted by Gasteiger charge is -2.33. The van der Waals surface area contributed by atoms with Crippen molar-refractivity contribution in [2.24, 2.45) is 4.99 Å². The van der Waals surface area contributed by atoms with Crippen molar-refractivity contribution in [1.29, 1.82) is 0 Å². The van der Waals surface area contributed by atoms with Crippen LogP contribution in [0.15, 0.2) is 82.5 Å². The number of nitrogens with zero attached hydrogens (tertiary/aromatic N) is 3. The molecule has 0 aliphatic carbocycles. The van der Waals surface area contributed by atoms with E-state index in [0.29, 0.717) is 12.6 Å². The molecule has 0 radical (unpaired) electrons. The zero-order chi connectivity index (χ0) is 21.1. The van der Waals surface area contributed by atoms with E-state index < -0.39 is 0 Å². The standard InChI is InChI=1S/C25H31N5O.HI/c1-2-7-21(8-3-1)20-30-16-12-22(13-17-30)29-25(27-15-11-24-10-6-18-31-24)28-19-23-9-4-5-14-26-23;/h1-10,14,18,22H,11-13,15-17,19-20H2,(H2,27,28,29);1H. The maximum atomic E-state index is 5.44. The molecule has 1 fully saturated rings. The Hall–Kier alpha value is -2.39. The number of likely N-dealkylation sites (tertiary alicyclic amines) is 1. The summed E-state index contributed by atoms with van der Waals surface area (Å²) in [5, 5.41) is 7.11. The predicted molar refractivity (Wildman–Crippen MR) is 139 cm³/mol. The highest BCUT2D eigenvalue weighted by molar-refractivity contribution is 14.0. The van der Waals surface area contributed by atoms with Crippen LogP contribution in [0, 0.1) is 0 Å². The Morgan fingerprint density at radius 1 is 1.03 bits per heavy atom. The van der Waals surface area contributed by atoms with Crippen molar-refractivity contribution in [3.63, 3.8) is 0 Å². The molecule has 2 aromatic heterocycles. The first-order valence-corrected chi connectivity index (χ1v) is 11.1. The molecule has 0 unspecified atom stereocenters. The fourth-order valence-electron chi connectivity index (χ4n) is 3.83. The minimum absolute atomic E-state index is 0. The van der Waals surface area contributed by atoms with Gasteiger partial charge in [0.2, 0.25) is 0 Å². The smallest absolute Gasteiger partial charge is 0.191 e. The van der Waals surface area contributed by atoms with E-state index in [1.807, 2.05) is 36.5 Å². The molecular formula is C25H32IN5O. The van der Waals surface area contributed by atoms with Gasteiger partial charge in [-0.15, -0.1) is 24.0 Å². The highest BCUT2D eigenvalue weighted by Gasteiger charge is 2.20. The van der Waals surface area contributed by atoms with Gasteiger partial charge in [-0.3, -0.25) is 9.88 Å². The van der Waals surface area contributed by atoms with Gasteiger partial charge in [-0.25, -0.2) is 4.99 Å². The molecule has 0 saturated carbocycles. The van der Waals surface area contributed by atoms with Gasteiger partial charge in [-0.2, -0.15) is 0 Å². The third-order valence-corrected chi connectivity index (χ3v) is 5.55. The Morgan fingerprint density at radius 2 is 1.84 bits per heavy atom. The van der Waals surface area contributed by atoms with E-state index in [1.54, 1.807) is 6.26 Å². The number of piperidine rings is 1. The second kappa shape index (κ2) is 13.2. The Balaban J connectivity index is 0.00000289. The summed E-state index contributed by atoms with van der Waals surface area (Å²) in [4.78, 5) is 11.7. The van der Waals surface area contributed by atoms with Gasteiger partial charge in [0, 0.05) is 44.8 Å². The normalized spacial score (nSPS) is 15.2. The average Bonchev–Trinajstić information content (AvgIpc) is 3.34. The van der Waals surface area contributed by atoms with Gasteiger partial charge >= 0.3 is 0 Å². The van der Waals surface area contributed by atoms with Crippen molar-refractivity contribution in [3.05, 3.63) is 90.1 Å². The number of hydrogen-bond acceptors (Lipinski definition) is 4. The van der Waals surface area contributed by atoms with E-state index in [4.69, 9.17) is 9.41 Å². The zero-order valence-corrected chi connectivity index (χ0v) is 20.7. The molecule has 2 N–H and O–H groups in total. The Morgan fingerprint density at radius 3 is 2.56 bits per heavy atom. The molecule has 0 amide bonds. The van der Waals surface area contributed by atoms with Gasteiger partial charge < -0.3 is 15.1 Å². The van der Waals surface area contributed by atoms with Crippen molar-refractivity contribution < 1.29 is 4.42 Å². The van der Waals surface area contributed by atoms with Crippen LogP contribution in [0.25, 0.3) is 0 Å². The average molecular weight is 545 g/mol. The van der Waals surface area contributed by atoms with Gasteiger partial charge in [0.15, 0.2) is 5.96 Å². The first-order valence-electron chi connectivity index (χ1n) is 11.1. The van der Waals surface area contributed by atoms with E-state index in [1.165, 1.54) is 5.56 Å². The molecule has 3 heterocycles. The number of pyridine rings is 1. The first-order chi connectivity index (χ1) is 15.3. The summed E-state index contributed by atoms with van der Waals surface area (Å²) in [7, 11) is 0. The zero-order valence-electron chi connectivity index (χ0n) is 18.3. The highest BCUT2D eigenvalue weighted by atomic mass is 127. The first kappa shape index (κ1) is 24.3. The summed E-state index contributed by atoms with van der Waals surface area (Å²) < 4.78 is 5.44. The summed E-state index contributed by atoms with van der Waals surface area (Å²) >= 11 is 0. The quantitative estimate of drug-likeness (QED) is 0.252. The Kier molecular flexibility index (Phi) is 10.0. The number of nitrogens with one attached hydrogen (secondary N) is 2. The number of benzene rings is 1. The van der Waals surface area contributed by atoms with Gasteiger partial charge in [0.1, 0.15) is 5.76 Å². The molecule has 170 valence electrons. The lowest BCUT2D eigenvalue weighted by molar-refractivity contribution is 0.198. The van der Waals surface area contributed by atoms with Crippen LogP contribution >= 0.6 is 24.0 Å². The summed E-state index contributed by atoms with van der Waals surface area (Å²) in [6.07, 6.45) is 6.56. The molecule has 0 bridgehead atoms. The summed E-state index contributed by atoms with van der Waals surface area (Å²) in [6, 6.07) is 21.0. The van der Waals surface area contributed by atoms with Crippen LogP contribution in [0.1, 0.15) is 29.9 Å². The van der Waals surface area contributed by atoms with Crippen molar-refractivity contribution in [2.75, 3.05) is 19.6 Å². The fourth-order valence-corrected chi connectivity index (χ4v) is 3.83. The number of hydrogen-bond donors (Lipinski definition) is 2. The minimum atomic E-state index is 0. The van der Waals surface area contributed by atoms with Crippen molar-refractivity contribution in [1.82, 2.24) is 20.5 Å². The van der Waals surface area contributed by atoms with Gasteiger partial charge in [0.05, 0.1) is 18.5 Å². The van der Waals surface area contributed by atoms with E-state index in [2.05, 4.69) is 50.8 Å². The van der Waals surface area contributed by atoms with Crippen LogP contribution < -0.4 is 10.6 Å². The summed E-state index contributed by atoms with van der Waals surface area (Å²) in [6.45, 7) is 4.53. The van der Waals surface area contributed by atoms with Gasteiger partial charge in [-0.1, -0.05) is 36.4 Å². The number of aromatic nitrogens is 1. The molecule has 3 aromatic rings. The second-order valence-electron chi connectivity index (χ2n) is 7.92. The van der Waals surface area contributed by atoms with Crippen molar-refractivity contribution in [2.45, 2.75) is 38.4 Å². The van der Waals surface area contributed by atoms with Gasteiger partial charge in [0.25, 0.3) is 0 Å². The molecule has 7 heteroatoms. The number of furan rings is 1. The van der Waals surface area contributed by atoms with Crippen molar-refractivity contribution >= 4 is 29.9 Å². The van der Waals surface area contributed by atoms with E-state index >= 15 is 0 Å². The van der Waals surface area contributed by atoms with E-state index in [0.717, 1.165) is 62.9 Å². The fraction of sp³-hybridized carbons (Fsp3) is 0.360. The van der Waals surface area contributed by atoms with Crippen LogP contribution in [0.2, 0.25) is 0 Å². The molecule has 4 rings (SSSR count). The molecule has 1 aliphatic rings. The topological polar surface area (TPSA) is 65.7 Å². The van der Waals surface area contributed by atoms with Crippen LogP contribution in [0.5, 0.6) is 0 Å². The van der Waals surface area contributed by atoms with Crippen LogP contribution in [0.3, 0.4) is 0 Å². The Labute approximate surface area is 207 Å². The third kappa shape index (κ3) is 7.94. The Bertz CT molecular complexity index is 910. The SMILES string of the molecule is I.c1ccc(CN2CCC(NC(=NCc3ccccn3)NCCc3ccco3)CC2)cc1. The van der Waals surface area contributed by atoms with E-state index in [-0.39, 0.29) is 24.0 Å². The molecule has 1 saturated heterocycles. The molecular weight excluding hydrogens is 513 g/mol. The van der Waals surface area contributed by atoms with Crippen LogP contribution in [0.4, 0.5) is 0 Å². The number of guanidine groups is 1. The monoisotopic (exact) mass is 545 g/mol. The third-order valence-electron chi connectivity index (χ3n) is 5.55. The lowest BCUT2D eigenvalue weighted by atomic mass is 10.0. The predicted octanol–water partition coefficient (Wildman–Crippen LogP) is 4.24. The minimum Gasteiger partial charge on any atom is -0.469 e. The molecule has 1 aromatic carbocycles. The van der Waals surface area contributed by atoms with E-state index in [9.17, 15) is 0 Å². The molecule has 32 heavy (non-hydrogen) atoms. The summed E-state index contributed by atoms with van der Waals surface area (Å²) in [5.41, 5.74) is 2.35.